The van der Waals surface area contributed by atoms with Gasteiger partial charge in [-0.2, -0.15) is 0 Å². The van der Waals surface area contributed by atoms with Crippen molar-refractivity contribution < 1.29 is 4.90 Å². The van der Waals surface area contributed by atoms with Crippen molar-refractivity contribution in [3.8, 4) is 0 Å². The lowest BCUT2D eigenvalue weighted by Gasteiger charge is -2.10. The summed E-state index contributed by atoms with van der Waals surface area (Å²) in [6, 6.07) is 10.9. The summed E-state index contributed by atoms with van der Waals surface area (Å²) in [7, 11) is 0. The van der Waals surface area contributed by atoms with Gasteiger partial charge in [0.25, 0.3) is 0 Å². The minimum atomic E-state index is 0.770. The van der Waals surface area contributed by atoms with Crippen molar-refractivity contribution in [3.63, 3.8) is 0 Å². The third-order valence-electron chi connectivity index (χ3n) is 3.09. The van der Waals surface area contributed by atoms with Gasteiger partial charge >= 0.3 is 0 Å². The van der Waals surface area contributed by atoms with Gasteiger partial charge in [-0.3, -0.25) is 0 Å². The fourth-order valence-corrected chi connectivity index (χ4v) is 2.33. The lowest BCUT2D eigenvalue weighted by molar-refractivity contribution is -0.881. The van der Waals surface area contributed by atoms with Crippen molar-refractivity contribution in [2.45, 2.75) is 12.3 Å². The molecule has 1 N–H and O–H groups in total. The molecule has 1 aliphatic rings. The van der Waals surface area contributed by atoms with Crippen LogP contribution >= 0.6 is 0 Å². The monoisotopic (exact) mass is 188 g/mol. The van der Waals surface area contributed by atoms with Crippen LogP contribution in [0.3, 0.4) is 0 Å². The maximum Gasteiger partial charge on any atom is 0.0955 e. The van der Waals surface area contributed by atoms with E-state index >= 15 is 0 Å². The quantitative estimate of drug-likeness (QED) is 0.681. The van der Waals surface area contributed by atoms with Crippen molar-refractivity contribution in [1.29, 1.82) is 0 Å². The van der Waals surface area contributed by atoms with Crippen LogP contribution in [-0.4, -0.2) is 19.6 Å². The summed E-state index contributed by atoms with van der Waals surface area (Å²) >= 11 is 0. The SMILES string of the molecule is C=CC[NH+]1CCC(c2ccccc2)C1. The van der Waals surface area contributed by atoms with Crippen LogP contribution in [0.4, 0.5) is 0 Å². The highest BCUT2D eigenvalue weighted by molar-refractivity contribution is 5.19. The first kappa shape index (κ1) is 9.47. The van der Waals surface area contributed by atoms with Gasteiger partial charge < -0.3 is 4.90 Å². The fraction of sp³-hybridized carbons (Fsp3) is 0.385. The van der Waals surface area contributed by atoms with Crippen LogP contribution in [0.2, 0.25) is 0 Å². The first-order valence-corrected chi connectivity index (χ1v) is 5.39. The normalized spacial score (nSPS) is 26.3. The Morgan fingerprint density at radius 3 is 2.86 bits per heavy atom. The van der Waals surface area contributed by atoms with Gasteiger partial charge in [0.1, 0.15) is 0 Å². The molecule has 2 atom stereocenters. The Morgan fingerprint density at radius 1 is 1.36 bits per heavy atom. The van der Waals surface area contributed by atoms with Gasteiger partial charge in [0.15, 0.2) is 0 Å². The van der Waals surface area contributed by atoms with E-state index in [1.54, 1.807) is 4.90 Å². The summed E-state index contributed by atoms with van der Waals surface area (Å²) in [6.45, 7) is 7.49. The number of hydrogen-bond acceptors (Lipinski definition) is 0. The van der Waals surface area contributed by atoms with Crippen molar-refractivity contribution in [1.82, 2.24) is 0 Å². The Balaban J connectivity index is 1.99. The van der Waals surface area contributed by atoms with E-state index in [0.717, 1.165) is 12.5 Å². The number of rotatable bonds is 3. The van der Waals surface area contributed by atoms with Crippen LogP contribution in [0.15, 0.2) is 43.0 Å². The van der Waals surface area contributed by atoms with E-state index in [1.165, 1.54) is 25.1 Å². The topological polar surface area (TPSA) is 4.44 Å². The molecular weight excluding hydrogens is 170 g/mol. The molecule has 1 aliphatic heterocycles. The molecule has 1 heterocycles. The summed E-state index contributed by atoms with van der Waals surface area (Å²) in [4.78, 5) is 1.67. The summed E-state index contributed by atoms with van der Waals surface area (Å²) in [5.41, 5.74) is 1.51. The number of nitrogens with one attached hydrogen (secondary N) is 1. The Labute approximate surface area is 86.1 Å². The molecule has 0 saturated carbocycles. The zero-order chi connectivity index (χ0) is 9.80. The third kappa shape index (κ3) is 2.05. The predicted octanol–water partition coefficient (Wildman–Crippen LogP) is 1.24. The molecule has 1 fully saturated rings. The Bertz CT molecular complexity index is 291. The molecule has 0 amide bonds. The van der Waals surface area contributed by atoms with Crippen molar-refractivity contribution in [2.24, 2.45) is 0 Å². The van der Waals surface area contributed by atoms with Gasteiger partial charge in [-0.1, -0.05) is 36.9 Å². The largest absolute Gasteiger partial charge is 0.331 e. The van der Waals surface area contributed by atoms with E-state index in [2.05, 4.69) is 36.9 Å². The van der Waals surface area contributed by atoms with Gasteiger partial charge in [-0.05, 0) is 11.6 Å². The molecule has 1 aromatic rings. The molecular formula is C13H18N+. The summed E-state index contributed by atoms with van der Waals surface area (Å²) in [5.74, 6) is 0.770. The van der Waals surface area contributed by atoms with Gasteiger partial charge in [0, 0.05) is 12.3 Å². The molecule has 1 aromatic carbocycles. The van der Waals surface area contributed by atoms with Gasteiger partial charge in [0.2, 0.25) is 0 Å². The molecule has 1 nitrogen and oxygen atoms in total. The second-order valence-corrected chi connectivity index (χ2v) is 4.09. The number of benzene rings is 1. The van der Waals surface area contributed by atoms with Crippen molar-refractivity contribution in [3.05, 3.63) is 48.6 Å². The van der Waals surface area contributed by atoms with E-state index in [1.807, 2.05) is 6.08 Å². The molecule has 1 heteroatoms. The van der Waals surface area contributed by atoms with Crippen LogP contribution in [0.5, 0.6) is 0 Å². The highest BCUT2D eigenvalue weighted by Crippen LogP contribution is 2.19. The van der Waals surface area contributed by atoms with Crippen LogP contribution in [0.25, 0.3) is 0 Å². The fourth-order valence-electron chi connectivity index (χ4n) is 2.33. The van der Waals surface area contributed by atoms with Crippen LogP contribution in [-0.2, 0) is 0 Å². The lowest BCUT2D eigenvalue weighted by Crippen LogP contribution is -3.09. The van der Waals surface area contributed by atoms with E-state index < -0.39 is 0 Å². The summed E-state index contributed by atoms with van der Waals surface area (Å²) in [5, 5.41) is 0. The average molecular weight is 188 g/mol. The third-order valence-corrected chi connectivity index (χ3v) is 3.09. The van der Waals surface area contributed by atoms with Crippen LogP contribution in [0, 0.1) is 0 Å². The smallest absolute Gasteiger partial charge is 0.0955 e. The molecule has 0 spiro atoms. The van der Waals surface area contributed by atoms with Crippen molar-refractivity contribution >= 4 is 0 Å². The Kier molecular flexibility index (Phi) is 3.00. The zero-order valence-electron chi connectivity index (χ0n) is 8.58. The number of hydrogen-bond donors (Lipinski definition) is 1. The first-order chi connectivity index (χ1) is 6.90. The number of likely N-dealkylation sites (tertiary alicyclic amines) is 1. The second-order valence-electron chi connectivity index (χ2n) is 4.09. The Morgan fingerprint density at radius 2 is 2.14 bits per heavy atom. The van der Waals surface area contributed by atoms with E-state index in [-0.39, 0.29) is 0 Å². The maximum atomic E-state index is 3.80. The number of quaternary nitrogens is 1. The molecule has 0 aromatic heterocycles. The first-order valence-electron chi connectivity index (χ1n) is 5.39. The van der Waals surface area contributed by atoms with Crippen LogP contribution < -0.4 is 4.90 Å². The molecule has 14 heavy (non-hydrogen) atoms. The molecule has 0 radical (unpaired) electrons. The summed E-state index contributed by atoms with van der Waals surface area (Å²) < 4.78 is 0. The highest BCUT2D eigenvalue weighted by atomic mass is 15.1. The standard InChI is InChI=1S/C13H17N/c1-2-9-14-10-8-13(11-14)12-6-4-3-5-7-12/h2-7,13H,1,8-11H2/p+1. The molecule has 2 unspecified atom stereocenters. The molecule has 0 bridgehead atoms. The minimum Gasteiger partial charge on any atom is -0.331 e. The molecule has 0 aliphatic carbocycles. The molecule has 74 valence electrons. The highest BCUT2D eigenvalue weighted by Gasteiger charge is 2.25. The van der Waals surface area contributed by atoms with E-state index in [4.69, 9.17) is 0 Å². The summed E-state index contributed by atoms with van der Waals surface area (Å²) in [6.07, 6.45) is 3.36. The predicted molar refractivity (Wildman–Crippen MR) is 59.6 cm³/mol. The van der Waals surface area contributed by atoms with E-state index in [9.17, 15) is 0 Å². The second kappa shape index (κ2) is 4.43. The van der Waals surface area contributed by atoms with Crippen LogP contribution in [0.1, 0.15) is 17.9 Å². The van der Waals surface area contributed by atoms with Gasteiger partial charge in [-0.15, -0.1) is 0 Å². The van der Waals surface area contributed by atoms with Gasteiger partial charge in [-0.25, -0.2) is 0 Å². The lowest BCUT2D eigenvalue weighted by atomic mass is 9.99. The maximum absolute atomic E-state index is 3.80. The minimum absolute atomic E-state index is 0.770. The van der Waals surface area contributed by atoms with Crippen molar-refractivity contribution in [2.75, 3.05) is 19.6 Å². The zero-order valence-corrected chi connectivity index (χ0v) is 8.58. The average Bonchev–Trinajstić information content (AvgIpc) is 2.68. The van der Waals surface area contributed by atoms with E-state index in [0.29, 0.717) is 0 Å². The molecule has 2 rings (SSSR count). The van der Waals surface area contributed by atoms with Gasteiger partial charge in [0.05, 0.1) is 19.6 Å². The Hall–Kier alpha value is -1.08. The molecule has 1 saturated heterocycles.